The first-order chi connectivity index (χ1) is 10.5. The van der Waals surface area contributed by atoms with E-state index in [1.54, 1.807) is 24.3 Å². The van der Waals surface area contributed by atoms with E-state index in [4.69, 9.17) is 17.3 Å². The predicted molar refractivity (Wildman–Crippen MR) is 83.8 cm³/mol. The average molecular weight is 320 g/mol. The highest BCUT2D eigenvalue weighted by Crippen LogP contribution is 2.34. The van der Waals surface area contributed by atoms with Gasteiger partial charge in [0.25, 0.3) is 5.69 Å². The summed E-state index contributed by atoms with van der Waals surface area (Å²) in [6, 6.07) is 8.62. The summed E-state index contributed by atoms with van der Waals surface area (Å²) >= 11 is 5.94. The molecule has 1 saturated carbocycles. The lowest BCUT2D eigenvalue weighted by Gasteiger charge is -2.23. The molecule has 0 radical (unpaired) electrons. The molecule has 7 nitrogen and oxygen atoms in total. The molecule has 1 aromatic carbocycles. The summed E-state index contributed by atoms with van der Waals surface area (Å²) in [4.78, 5) is 20.8. The molecule has 3 rings (SSSR count). The molecule has 1 aliphatic carbocycles. The molecule has 0 aliphatic heterocycles. The highest BCUT2D eigenvalue weighted by atomic mass is 35.5. The molecule has 2 aromatic rings. The van der Waals surface area contributed by atoms with E-state index in [0.29, 0.717) is 24.0 Å². The zero-order valence-corrected chi connectivity index (χ0v) is 12.4. The fraction of sp³-hybridized carbons (Fsp3) is 0.286. The summed E-state index contributed by atoms with van der Waals surface area (Å²) in [7, 11) is 0. The molecule has 0 atom stereocenters. The van der Waals surface area contributed by atoms with Crippen molar-refractivity contribution < 1.29 is 4.92 Å². The predicted octanol–water partition coefficient (Wildman–Crippen LogP) is 2.79. The number of hydrogen-bond acceptors (Lipinski definition) is 6. The number of para-hydroxylation sites is 1. The number of nitrogens with two attached hydrogens (primary N) is 1. The van der Waals surface area contributed by atoms with Crippen molar-refractivity contribution in [2.45, 2.75) is 25.4 Å². The van der Waals surface area contributed by atoms with Crippen LogP contribution in [0.3, 0.4) is 0 Å². The summed E-state index contributed by atoms with van der Waals surface area (Å²) in [6.07, 6.45) is 2.03. The number of nitrogens with zero attached hydrogens (tertiary/aromatic N) is 4. The third-order valence-electron chi connectivity index (χ3n) is 3.51. The Kier molecular flexibility index (Phi) is 3.81. The Bertz CT molecular complexity index is 700. The molecule has 1 fully saturated rings. The lowest BCUT2D eigenvalue weighted by atomic mass is 10.1. The van der Waals surface area contributed by atoms with E-state index in [0.717, 1.165) is 12.8 Å². The van der Waals surface area contributed by atoms with Gasteiger partial charge in [-0.15, -0.1) is 0 Å². The van der Waals surface area contributed by atoms with Gasteiger partial charge >= 0.3 is 0 Å². The molecule has 0 saturated heterocycles. The molecule has 0 amide bonds. The van der Waals surface area contributed by atoms with Gasteiger partial charge in [0.15, 0.2) is 0 Å². The average Bonchev–Trinajstić information content (AvgIpc) is 3.28. The summed E-state index contributed by atoms with van der Waals surface area (Å²) < 4.78 is 0. The normalized spacial score (nSPS) is 13.9. The number of nitro groups is 1. The minimum Gasteiger partial charge on any atom is -0.368 e. The number of nitro benzene ring substituents is 1. The third-order valence-corrected chi connectivity index (χ3v) is 3.70. The minimum absolute atomic E-state index is 0.0933. The number of nitrogen functional groups attached to an aromatic ring is 1. The van der Waals surface area contributed by atoms with E-state index in [2.05, 4.69) is 9.97 Å². The van der Waals surface area contributed by atoms with Gasteiger partial charge in [-0.3, -0.25) is 10.1 Å². The summed E-state index contributed by atoms with van der Waals surface area (Å²) in [5.74, 6) is 0.689. The van der Waals surface area contributed by atoms with Crippen molar-refractivity contribution >= 4 is 29.1 Å². The van der Waals surface area contributed by atoms with Crippen molar-refractivity contribution in [1.82, 2.24) is 9.97 Å². The topological polar surface area (TPSA) is 98.2 Å². The maximum absolute atomic E-state index is 11.2. The monoisotopic (exact) mass is 319 g/mol. The van der Waals surface area contributed by atoms with Gasteiger partial charge in [-0.05, 0) is 12.8 Å². The molecule has 0 bridgehead atoms. The molecule has 114 valence electrons. The minimum atomic E-state index is -0.373. The Morgan fingerprint density at radius 1 is 1.36 bits per heavy atom. The Balaban J connectivity index is 1.95. The molecule has 0 spiro atoms. The van der Waals surface area contributed by atoms with Crippen LogP contribution in [-0.2, 0) is 6.54 Å². The first-order valence-electron chi connectivity index (χ1n) is 6.83. The largest absolute Gasteiger partial charge is 0.368 e. The van der Waals surface area contributed by atoms with Gasteiger partial charge in [0.2, 0.25) is 5.95 Å². The highest BCUT2D eigenvalue weighted by molar-refractivity contribution is 6.29. The van der Waals surface area contributed by atoms with E-state index < -0.39 is 0 Å². The zero-order valence-electron chi connectivity index (χ0n) is 11.6. The van der Waals surface area contributed by atoms with Crippen LogP contribution in [0, 0.1) is 10.1 Å². The van der Waals surface area contributed by atoms with E-state index in [1.165, 1.54) is 6.07 Å². The van der Waals surface area contributed by atoms with Crippen molar-refractivity contribution in [3.63, 3.8) is 0 Å². The van der Waals surface area contributed by atoms with E-state index in [1.807, 2.05) is 4.90 Å². The maximum Gasteiger partial charge on any atom is 0.274 e. The van der Waals surface area contributed by atoms with Crippen LogP contribution in [0.4, 0.5) is 17.5 Å². The van der Waals surface area contributed by atoms with Crippen LogP contribution in [0.15, 0.2) is 30.3 Å². The number of anilines is 2. The number of rotatable bonds is 5. The fourth-order valence-corrected chi connectivity index (χ4v) is 2.54. The SMILES string of the molecule is Nc1nc(Cl)cc(N(Cc2ccccc2[N+](=O)[O-])C2CC2)n1. The van der Waals surface area contributed by atoms with Gasteiger partial charge in [0, 0.05) is 23.7 Å². The summed E-state index contributed by atoms with van der Waals surface area (Å²) in [5.41, 5.74) is 6.38. The van der Waals surface area contributed by atoms with Crippen LogP contribution in [0.2, 0.25) is 5.15 Å². The van der Waals surface area contributed by atoms with Crippen LogP contribution >= 0.6 is 11.6 Å². The van der Waals surface area contributed by atoms with E-state index >= 15 is 0 Å². The molecule has 1 heterocycles. The van der Waals surface area contributed by atoms with Gasteiger partial charge in [-0.1, -0.05) is 29.8 Å². The molecule has 2 N–H and O–H groups in total. The molecule has 0 unspecified atom stereocenters. The molecule has 8 heteroatoms. The Hall–Kier alpha value is -2.41. The van der Waals surface area contributed by atoms with Crippen LogP contribution in [-0.4, -0.2) is 20.9 Å². The van der Waals surface area contributed by atoms with Crippen molar-refractivity contribution in [2.24, 2.45) is 0 Å². The van der Waals surface area contributed by atoms with Gasteiger partial charge in [0.05, 0.1) is 11.5 Å². The first-order valence-corrected chi connectivity index (χ1v) is 7.21. The van der Waals surface area contributed by atoms with E-state index in [-0.39, 0.29) is 21.7 Å². The third kappa shape index (κ3) is 3.09. The lowest BCUT2D eigenvalue weighted by Crippen LogP contribution is -2.26. The number of hydrogen-bond donors (Lipinski definition) is 1. The molecular weight excluding hydrogens is 306 g/mol. The van der Waals surface area contributed by atoms with Gasteiger partial charge < -0.3 is 10.6 Å². The van der Waals surface area contributed by atoms with Gasteiger partial charge in [0.1, 0.15) is 11.0 Å². The van der Waals surface area contributed by atoms with Crippen LogP contribution in [0.1, 0.15) is 18.4 Å². The Morgan fingerprint density at radius 3 is 2.73 bits per heavy atom. The molecular formula is C14H14ClN5O2. The second kappa shape index (κ2) is 5.76. The van der Waals surface area contributed by atoms with Crippen molar-refractivity contribution in [1.29, 1.82) is 0 Å². The second-order valence-electron chi connectivity index (χ2n) is 5.15. The van der Waals surface area contributed by atoms with Crippen molar-refractivity contribution in [3.8, 4) is 0 Å². The summed E-state index contributed by atoms with van der Waals surface area (Å²) in [6.45, 7) is 0.384. The number of benzene rings is 1. The van der Waals surface area contributed by atoms with Crippen molar-refractivity contribution in [3.05, 3.63) is 51.2 Å². The lowest BCUT2D eigenvalue weighted by molar-refractivity contribution is -0.385. The maximum atomic E-state index is 11.2. The number of halogens is 1. The quantitative estimate of drug-likeness (QED) is 0.517. The van der Waals surface area contributed by atoms with Crippen LogP contribution in [0.5, 0.6) is 0 Å². The zero-order chi connectivity index (χ0) is 15.7. The van der Waals surface area contributed by atoms with Crippen LogP contribution < -0.4 is 10.6 Å². The Morgan fingerprint density at radius 2 is 2.09 bits per heavy atom. The molecule has 22 heavy (non-hydrogen) atoms. The first kappa shape index (κ1) is 14.5. The summed E-state index contributed by atoms with van der Waals surface area (Å²) in [5, 5.41) is 11.4. The van der Waals surface area contributed by atoms with Crippen LogP contribution in [0.25, 0.3) is 0 Å². The van der Waals surface area contributed by atoms with Gasteiger partial charge in [-0.2, -0.15) is 4.98 Å². The standard InChI is InChI=1S/C14H14ClN5O2/c15-12-7-13(18-14(16)17-12)19(10-5-6-10)8-9-3-1-2-4-11(9)20(21)22/h1-4,7,10H,5-6,8H2,(H2,16,17,18). The highest BCUT2D eigenvalue weighted by Gasteiger charge is 2.31. The Labute approximate surface area is 131 Å². The molecule has 1 aromatic heterocycles. The van der Waals surface area contributed by atoms with E-state index in [9.17, 15) is 10.1 Å². The van der Waals surface area contributed by atoms with Gasteiger partial charge in [-0.25, -0.2) is 4.98 Å². The smallest absolute Gasteiger partial charge is 0.274 e. The molecule has 1 aliphatic rings. The number of aromatic nitrogens is 2. The second-order valence-corrected chi connectivity index (χ2v) is 5.54. The van der Waals surface area contributed by atoms with Crippen molar-refractivity contribution in [2.75, 3.05) is 10.6 Å². The fourth-order valence-electron chi connectivity index (χ4n) is 2.36.